The topological polar surface area (TPSA) is 30.7 Å². The second-order valence-corrected chi connectivity index (χ2v) is 12.6. The molecule has 8 aromatic carbocycles. The number of aromatic nitrogens is 3. The zero-order valence-electron chi connectivity index (χ0n) is 26.6. The molecule has 2 heterocycles. The molecule has 3 nitrogen and oxygen atoms in total. The fraction of sp³-hybridized carbons (Fsp3) is 0. The standard InChI is InChI=1S/C46H29N3/c1-2-12-30(13-3-1)31-22-24-32(25-23-31)46-47-42(29-45(48-46)49-43-20-10-8-18-39(43)40-19-9-11-21-44(40)49)33-26-27-38-36-16-5-4-14-34(36)35-15-6-7-17-37(35)41(38)28-33/h1-29H. The van der Waals surface area contributed by atoms with Crippen molar-refractivity contribution >= 4 is 54.1 Å². The fourth-order valence-corrected chi connectivity index (χ4v) is 7.50. The lowest BCUT2D eigenvalue weighted by atomic mass is 9.93. The number of fused-ring (bicyclic) bond motifs is 9. The van der Waals surface area contributed by atoms with Crippen molar-refractivity contribution in [3.8, 4) is 39.6 Å². The molecule has 0 fully saturated rings. The van der Waals surface area contributed by atoms with Crippen LogP contribution in [0.5, 0.6) is 0 Å². The highest BCUT2D eigenvalue weighted by molar-refractivity contribution is 6.25. The monoisotopic (exact) mass is 623 g/mol. The van der Waals surface area contributed by atoms with E-state index in [1.807, 2.05) is 6.07 Å². The molecule has 10 aromatic rings. The highest BCUT2D eigenvalue weighted by Gasteiger charge is 2.17. The highest BCUT2D eigenvalue weighted by Crippen LogP contribution is 2.38. The first kappa shape index (κ1) is 27.5. The number of hydrogen-bond donors (Lipinski definition) is 0. The summed E-state index contributed by atoms with van der Waals surface area (Å²) in [5.74, 6) is 1.53. The van der Waals surface area contributed by atoms with Gasteiger partial charge in [0, 0.05) is 28.0 Å². The Labute approximate surface area is 283 Å². The summed E-state index contributed by atoms with van der Waals surface area (Å²) in [6, 6.07) is 62.6. The summed E-state index contributed by atoms with van der Waals surface area (Å²) in [6.07, 6.45) is 0. The Morgan fingerprint density at radius 3 is 1.37 bits per heavy atom. The number of para-hydroxylation sites is 2. The van der Waals surface area contributed by atoms with Crippen LogP contribution in [0.15, 0.2) is 176 Å². The van der Waals surface area contributed by atoms with Crippen LogP contribution in [-0.2, 0) is 0 Å². The molecule has 0 saturated carbocycles. The quantitative estimate of drug-likeness (QED) is 0.183. The Kier molecular flexibility index (Phi) is 6.18. The number of nitrogens with zero attached hydrogens (tertiary/aromatic N) is 3. The first-order chi connectivity index (χ1) is 24.3. The third kappa shape index (κ3) is 4.44. The Morgan fingerprint density at radius 2 is 0.755 bits per heavy atom. The van der Waals surface area contributed by atoms with Crippen LogP contribution in [0.4, 0.5) is 0 Å². The number of hydrogen-bond acceptors (Lipinski definition) is 2. The first-order valence-corrected chi connectivity index (χ1v) is 16.7. The van der Waals surface area contributed by atoms with Crippen molar-refractivity contribution in [3.05, 3.63) is 176 Å². The summed E-state index contributed by atoms with van der Waals surface area (Å²) in [6.45, 7) is 0. The van der Waals surface area contributed by atoms with Crippen LogP contribution >= 0.6 is 0 Å². The van der Waals surface area contributed by atoms with Crippen LogP contribution < -0.4 is 0 Å². The van der Waals surface area contributed by atoms with Crippen LogP contribution in [-0.4, -0.2) is 14.5 Å². The van der Waals surface area contributed by atoms with Crippen molar-refractivity contribution in [2.24, 2.45) is 0 Å². The van der Waals surface area contributed by atoms with E-state index in [9.17, 15) is 0 Å². The van der Waals surface area contributed by atoms with Crippen molar-refractivity contribution in [2.45, 2.75) is 0 Å². The third-order valence-electron chi connectivity index (χ3n) is 9.81. The lowest BCUT2D eigenvalue weighted by Gasteiger charge is -2.14. The van der Waals surface area contributed by atoms with Gasteiger partial charge >= 0.3 is 0 Å². The molecule has 0 bridgehead atoms. The molecule has 0 radical (unpaired) electrons. The van der Waals surface area contributed by atoms with Crippen LogP contribution in [0, 0.1) is 0 Å². The normalized spacial score (nSPS) is 11.7. The van der Waals surface area contributed by atoms with Crippen molar-refractivity contribution in [1.29, 1.82) is 0 Å². The Bertz CT molecular complexity index is 2780. The highest BCUT2D eigenvalue weighted by atomic mass is 15.1. The van der Waals surface area contributed by atoms with Crippen LogP contribution in [0.25, 0.3) is 93.7 Å². The summed E-state index contributed by atoms with van der Waals surface area (Å²) in [5.41, 5.74) is 7.50. The van der Waals surface area contributed by atoms with E-state index >= 15 is 0 Å². The van der Waals surface area contributed by atoms with Gasteiger partial charge < -0.3 is 0 Å². The van der Waals surface area contributed by atoms with E-state index < -0.39 is 0 Å². The fourth-order valence-electron chi connectivity index (χ4n) is 7.50. The summed E-state index contributed by atoms with van der Waals surface area (Å²) < 4.78 is 2.28. The number of rotatable bonds is 4. The predicted octanol–water partition coefficient (Wildman–Crippen LogP) is 12.0. The van der Waals surface area contributed by atoms with E-state index in [1.54, 1.807) is 0 Å². The minimum absolute atomic E-state index is 0.692. The minimum Gasteiger partial charge on any atom is -0.294 e. The van der Waals surface area contributed by atoms with Crippen LogP contribution in [0.3, 0.4) is 0 Å². The molecule has 49 heavy (non-hydrogen) atoms. The molecule has 0 spiro atoms. The molecular formula is C46H29N3. The van der Waals surface area contributed by atoms with E-state index in [2.05, 4.69) is 174 Å². The smallest absolute Gasteiger partial charge is 0.162 e. The van der Waals surface area contributed by atoms with Gasteiger partial charge in [0.2, 0.25) is 0 Å². The second-order valence-electron chi connectivity index (χ2n) is 12.6. The van der Waals surface area contributed by atoms with Gasteiger partial charge in [-0.15, -0.1) is 0 Å². The van der Waals surface area contributed by atoms with Gasteiger partial charge in [-0.3, -0.25) is 4.57 Å². The lowest BCUT2D eigenvalue weighted by molar-refractivity contribution is 1.05. The average Bonchev–Trinajstić information content (AvgIpc) is 3.52. The van der Waals surface area contributed by atoms with Crippen molar-refractivity contribution in [2.75, 3.05) is 0 Å². The van der Waals surface area contributed by atoms with E-state index in [4.69, 9.17) is 9.97 Å². The lowest BCUT2D eigenvalue weighted by Crippen LogP contribution is -2.02. The molecule has 3 heteroatoms. The van der Waals surface area contributed by atoms with Gasteiger partial charge in [-0.1, -0.05) is 152 Å². The summed E-state index contributed by atoms with van der Waals surface area (Å²) in [5, 5.41) is 9.91. The van der Waals surface area contributed by atoms with Gasteiger partial charge in [0.15, 0.2) is 5.82 Å². The predicted molar refractivity (Wildman–Crippen MR) is 205 cm³/mol. The van der Waals surface area contributed by atoms with Crippen molar-refractivity contribution in [1.82, 2.24) is 14.5 Å². The van der Waals surface area contributed by atoms with Gasteiger partial charge in [-0.25, -0.2) is 9.97 Å². The average molecular weight is 624 g/mol. The third-order valence-corrected chi connectivity index (χ3v) is 9.81. The van der Waals surface area contributed by atoms with Crippen LogP contribution in [0.1, 0.15) is 0 Å². The van der Waals surface area contributed by atoms with E-state index in [0.717, 1.165) is 39.2 Å². The minimum atomic E-state index is 0.692. The molecule has 0 N–H and O–H groups in total. The van der Waals surface area contributed by atoms with E-state index in [0.29, 0.717) is 5.82 Å². The van der Waals surface area contributed by atoms with Gasteiger partial charge in [0.25, 0.3) is 0 Å². The molecule has 0 aliphatic rings. The summed E-state index contributed by atoms with van der Waals surface area (Å²) in [4.78, 5) is 10.6. The Balaban J connectivity index is 1.23. The van der Waals surface area contributed by atoms with Crippen molar-refractivity contribution in [3.63, 3.8) is 0 Å². The molecule has 0 aliphatic carbocycles. The molecule has 10 rings (SSSR count). The van der Waals surface area contributed by atoms with E-state index in [1.165, 1.54) is 48.7 Å². The van der Waals surface area contributed by atoms with Gasteiger partial charge in [-0.05, 0) is 61.6 Å². The molecule has 0 amide bonds. The zero-order chi connectivity index (χ0) is 32.3. The largest absolute Gasteiger partial charge is 0.294 e. The van der Waals surface area contributed by atoms with Gasteiger partial charge in [0.05, 0.1) is 16.7 Å². The molecule has 228 valence electrons. The second kappa shape index (κ2) is 11.0. The molecule has 0 unspecified atom stereocenters. The maximum absolute atomic E-state index is 5.28. The zero-order valence-corrected chi connectivity index (χ0v) is 26.6. The molecule has 0 atom stereocenters. The first-order valence-electron chi connectivity index (χ1n) is 16.7. The molecule has 2 aromatic heterocycles. The number of benzene rings is 8. The molecule has 0 saturated heterocycles. The maximum Gasteiger partial charge on any atom is 0.162 e. The van der Waals surface area contributed by atoms with Crippen LogP contribution in [0.2, 0.25) is 0 Å². The molecular weight excluding hydrogens is 595 g/mol. The van der Waals surface area contributed by atoms with Gasteiger partial charge in [-0.2, -0.15) is 0 Å². The SMILES string of the molecule is c1ccc(-c2ccc(-c3nc(-c4ccc5c6ccccc6c6ccccc6c5c4)cc(-n4c5ccccc5c5ccccc54)n3)cc2)cc1. The van der Waals surface area contributed by atoms with Crippen molar-refractivity contribution < 1.29 is 0 Å². The maximum atomic E-state index is 5.28. The molecule has 0 aliphatic heterocycles. The Morgan fingerprint density at radius 1 is 0.306 bits per heavy atom. The summed E-state index contributed by atoms with van der Waals surface area (Å²) in [7, 11) is 0. The Hall–Kier alpha value is -6.58. The van der Waals surface area contributed by atoms with E-state index in [-0.39, 0.29) is 0 Å². The summed E-state index contributed by atoms with van der Waals surface area (Å²) >= 11 is 0. The van der Waals surface area contributed by atoms with Gasteiger partial charge in [0.1, 0.15) is 5.82 Å².